The fourth-order valence-corrected chi connectivity index (χ4v) is 3.55. The van der Waals surface area contributed by atoms with Crippen molar-refractivity contribution in [1.82, 2.24) is 10.2 Å². The zero-order chi connectivity index (χ0) is 15.1. The minimum atomic E-state index is 0.0115. The van der Waals surface area contributed by atoms with E-state index in [1.54, 1.807) is 11.8 Å². The van der Waals surface area contributed by atoms with Gasteiger partial charge in [0, 0.05) is 16.6 Å². The highest BCUT2D eigenvalue weighted by molar-refractivity contribution is 9.10. The van der Waals surface area contributed by atoms with Gasteiger partial charge in [-0.2, -0.15) is 0 Å². The van der Waals surface area contributed by atoms with Crippen LogP contribution in [0.4, 0.5) is 5.13 Å². The molecule has 0 aliphatic carbocycles. The van der Waals surface area contributed by atoms with Gasteiger partial charge in [-0.15, -0.1) is 10.2 Å². The molecule has 0 atom stereocenters. The first-order valence-corrected chi connectivity index (χ1v) is 9.27. The summed E-state index contributed by atoms with van der Waals surface area (Å²) in [7, 11) is 0. The molecule has 0 aliphatic heterocycles. The number of carbonyl (C=O) groups is 1. The molecule has 112 valence electrons. The molecule has 7 heteroatoms. The van der Waals surface area contributed by atoms with E-state index in [4.69, 9.17) is 0 Å². The van der Waals surface area contributed by atoms with Gasteiger partial charge in [-0.3, -0.25) is 4.79 Å². The Balaban J connectivity index is 1.82. The van der Waals surface area contributed by atoms with Crippen LogP contribution in [0.2, 0.25) is 0 Å². The van der Waals surface area contributed by atoms with E-state index in [1.807, 2.05) is 12.1 Å². The van der Waals surface area contributed by atoms with Crippen molar-refractivity contribution in [3.05, 3.63) is 34.3 Å². The molecule has 0 unspecified atom stereocenters. The number of amides is 1. The van der Waals surface area contributed by atoms with Gasteiger partial charge < -0.3 is 5.32 Å². The maximum absolute atomic E-state index is 11.6. The lowest BCUT2D eigenvalue weighted by molar-refractivity contribution is -0.116. The average molecular weight is 386 g/mol. The Morgan fingerprint density at radius 2 is 2.10 bits per heavy atom. The van der Waals surface area contributed by atoms with E-state index in [0.717, 1.165) is 27.4 Å². The molecule has 1 heterocycles. The predicted molar refractivity (Wildman–Crippen MR) is 91.8 cm³/mol. The molecule has 1 aromatic heterocycles. The summed E-state index contributed by atoms with van der Waals surface area (Å²) in [5.74, 6) is 0.851. The third-order valence-corrected chi connectivity index (χ3v) is 5.26. The number of thioether (sulfide) groups is 1. The van der Waals surface area contributed by atoms with Crippen LogP contribution >= 0.6 is 39.0 Å². The summed E-state index contributed by atoms with van der Waals surface area (Å²) in [5, 5.41) is 11.5. The molecular weight excluding hydrogens is 370 g/mol. The van der Waals surface area contributed by atoms with Crippen molar-refractivity contribution >= 4 is 50.1 Å². The van der Waals surface area contributed by atoms with E-state index in [2.05, 4.69) is 50.5 Å². The van der Waals surface area contributed by atoms with E-state index < -0.39 is 0 Å². The smallest absolute Gasteiger partial charge is 0.226 e. The van der Waals surface area contributed by atoms with Crippen molar-refractivity contribution in [1.29, 1.82) is 0 Å². The zero-order valence-electron chi connectivity index (χ0n) is 11.6. The molecule has 2 rings (SSSR count). The van der Waals surface area contributed by atoms with Crippen LogP contribution in [0.3, 0.4) is 0 Å². The Morgan fingerprint density at radius 1 is 1.33 bits per heavy atom. The molecule has 0 saturated carbocycles. The number of rotatable bonds is 7. The molecule has 0 fully saturated rings. The molecule has 1 N–H and O–H groups in total. The molecule has 2 aromatic rings. The fraction of sp³-hybridized carbons (Fsp3) is 0.357. The highest BCUT2D eigenvalue weighted by atomic mass is 79.9. The predicted octanol–water partition coefficient (Wildman–Crippen LogP) is 4.72. The monoisotopic (exact) mass is 385 g/mol. The summed E-state index contributed by atoms with van der Waals surface area (Å²) in [4.78, 5) is 11.6. The number of nitrogens with one attached hydrogen (secondary N) is 1. The second kappa shape index (κ2) is 8.51. The van der Waals surface area contributed by atoms with Crippen LogP contribution in [0.5, 0.6) is 0 Å². The van der Waals surface area contributed by atoms with Gasteiger partial charge in [0.1, 0.15) is 0 Å². The van der Waals surface area contributed by atoms with Crippen molar-refractivity contribution < 1.29 is 4.79 Å². The second-order valence-corrected chi connectivity index (χ2v) is 7.56. The minimum absolute atomic E-state index is 0.0115. The third-order valence-electron chi connectivity index (χ3n) is 2.69. The maximum atomic E-state index is 11.6. The summed E-state index contributed by atoms with van der Waals surface area (Å²) in [5.41, 5.74) is 1.23. The molecule has 21 heavy (non-hydrogen) atoms. The molecular formula is C14H16BrN3OS2. The number of unbranched alkanes of at least 4 members (excludes halogenated alkanes) is 1. The average Bonchev–Trinajstić information content (AvgIpc) is 2.92. The van der Waals surface area contributed by atoms with E-state index >= 15 is 0 Å². The van der Waals surface area contributed by atoms with Gasteiger partial charge in [0.2, 0.25) is 11.0 Å². The summed E-state index contributed by atoms with van der Waals surface area (Å²) in [6, 6.07) is 8.20. The Labute approximate surface area is 140 Å². The van der Waals surface area contributed by atoms with Crippen molar-refractivity contribution in [2.24, 2.45) is 0 Å². The van der Waals surface area contributed by atoms with Crippen LogP contribution in [-0.4, -0.2) is 16.1 Å². The highest BCUT2D eigenvalue weighted by Crippen LogP contribution is 2.28. The summed E-state index contributed by atoms with van der Waals surface area (Å²) in [6.45, 7) is 2.06. The summed E-state index contributed by atoms with van der Waals surface area (Å²) in [6.07, 6.45) is 2.45. The molecule has 0 aliphatic rings. The Bertz CT molecular complexity index is 586. The lowest BCUT2D eigenvalue weighted by Crippen LogP contribution is -2.10. The number of benzene rings is 1. The van der Waals surface area contributed by atoms with Crippen LogP contribution in [0.25, 0.3) is 0 Å². The number of hydrogen-bond donors (Lipinski definition) is 1. The molecule has 1 aromatic carbocycles. The molecule has 0 spiro atoms. The highest BCUT2D eigenvalue weighted by Gasteiger charge is 2.08. The number of aromatic nitrogens is 2. The standard InChI is InChI=1S/C14H16BrN3OS2/c1-2-3-4-12(19)16-13-17-18-14(21-13)20-9-10-5-7-11(15)8-6-10/h5-8H,2-4,9H2,1H3,(H,16,17,19). The van der Waals surface area contributed by atoms with E-state index in [-0.39, 0.29) is 5.91 Å². The van der Waals surface area contributed by atoms with Crippen molar-refractivity contribution in [2.45, 2.75) is 36.3 Å². The Morgan fingerprint density at radius 3 is 2.81 bits per heavy atom. The van der Waals surface area contributed by atoms with Crippen molar-refractivity contribution in [3.63, 3.8) is 0 Å². The van der Waals surface area contributed by atoms with Crippen LogP contribution in [0.1, 0.15) is 31.7 Å². The zero-order valence-corrected chi connectivity index (χ0v) is 14.9. The van der Waals surface area contributed by atoms with Gasteiger partial charge in [-0.25, -0.2) is 0 Å². The van der Waals surface area contributed by atoms with Gasteiger partial charge in [0.15, 0.2) is 4.34 Å². The molecule has 4 nitrogen and oxygen atoms in total. The SMILES string of the molecule is CCCCC(=O)Nc1nnc(SCc2ccc(Br)cc2)s1. The van der Waals surface area contributed by atoms with Gasteiger partial charge in [-0.05, 0) is 24.1 Å². The minimum Gasteiger partial charge on any atom is -0.301 e. The maximum Gasteiger partial charge on any atom is 0.226 e. The van der Waals surface area contributed by atoms with Crippen LogP contribution in [0, 0.1) is 0 Å². The normalized spacial score (nSPS) is 10.6. The van der Waals surface area contributed by atoms with E-state index in [9.17, 15) is 4.79 Å². The molecule has 0 saturated heterocycles. The lowest BCUT2D eigenvalue weighted by Gasteiger charge is -1.99. The fourth-order valence-electron chi connectivity index (χ4n) is 1.56. The molecule has 0 bridgehead atoms. The summed E-state index contributed by atoms with van der Waals surface area (Å²) < 4.78 is 1.94. The summed E-state index contributed by atoms with van der Waals surface area (Å²) >= 11 is 6.46. The third kappa shape index (κ3) is 5.76. The second-order valence-electron chi connectivity index (χ2n) is 4.44. The molecule has 0 radical (unpaired) electrons. The van der Waals surface area contributed by atoms with Gasteiger partial charge >= 0.3 is 0 Å². The Hall–Kier alpha value is -0.920. The van der Waals surface area contributed by atoms with Crippen LogP contribution in [-0.2, 0) is 10.5 Å². The van der Waals surface area contributed by atoms with Crippen LogP contribution < -0.4 is 5.32 Å². The van der Waals surface area contributed by atoms with Crippen LogP contribution in [0.15, 0.2) is 33.1 Å². The first-order valence-electron chi connectivity index (χ1n) is 6.68. The van der Waals surface area contributed by atoms with Crippen molar-refractivity contribution in [3.8, 4) is 0 Å². The van der Waals surface area contributed by atoms with Crippen molar-refractivity contribution in [2.75, 3.05) is 5.32 Å². The topological polar surface area (TPSA) is 54.9 Å². The van der Waals surface area contributed by atoms with Gasteiger partial charge in [0.05, 0.1) is 0 Å². The number of carbonyl (C=O) groups excluding carboxylic acids is 1. The van der Waals surface area contributed by atoms with E-state index in [1.165, 1.54) is 16.9 Å². The first kappa shape index (κ1) is 16.5. The number of halogens is 1. The largest absolute Gasteiger partial charge is 0.301 e. The Kier molecular flexibility index (Phi) is 6.66. The molecule has 1 amide bonds. The lowest BCUT2D eigenvalue weighted by atomic mass is 10.2. The van der Waals surface area contributed by atoms with Gasteiger partial charge in [0.25, 0.3) is 0 Å². The number of anilines is 1. The van der Waals surface area contributed by atoms with E-state index in [0.29, 0.717) is 11.6 Å². The quantitative estimate of drug-likeness (QED) is 0.553. The first-order chi connectivity index (χ1) is 10.2. The number of nitrogens with zero attached hydrogens (tertiary/aromatic N) is 2. The van der Waals surface area contributed by atoms with Gasteiger partial charge in [-0.1, -0.05) is 64.5 Å². The number of hydrogen-bond acceptors (Lipinski definition) is 5.